The lowest BCUT2D eigenvalue weighted by atomic mass is 9.94. The molecule has 0 aliphatic heterocycles. The first-order valence-corrected chi connectivity index (χ1v) is 8.09. The lowest BCUT2D eigenvalue weighted by Crippen LogP contribution is -2.24. The maximum atomic E-state index is 12.4. The quantitative estimate of drug-likeness (QED) is 0.625. The van der Waals surface area contributed by atoms with Crippen molar-refractivity contribution in [2.45, 2.75) is 58.4 Å². The molecule has 0 heterocycles. The Kier molecular flexibility index (Phi) is 6.30. The predicted molar refractivity (Wildman–Crippen MR) is 86.8 cm³/mol. The van der Waals surface area contributed by atoms with Crippen molar-refractivity contribution in [1.82, 2.24) is 5.32 Å². The average molecular weight is 283 g/mol. The van der Waals surface area contributed by atoms with Crippen molar-refractivity contribution < 1.29 is 4.79 Å². The van der Waals surface area contributed by atoms with E-state index in [4.69, 9.17) is 0 Å². The minimum Gasteiger partial charge on any atom is -0.348 e. The van der Waals surface area contributed by atoms with E-state index < -0.39 is 0 Å². The fourth-order valence-corrected chi connectivity index (χ4v) is 2.68. The summed E-state index contributed by atoms with van der Waals surface area (Å²) in [4.78, 5) is 12.4. The Morgan fingerprint density at radius 1 is 1.14 bits per heavy atom. The normalized spacial score (nSPS) is 14.4. The van der Waals surface area contributed by atoms with Crippen LogP contribution in [-0.2, 0) is 11.3 Å². The fraction of sp³-hybridized carbons (Fsp3) is 0.474. The number of hydrogen-bond donors (Lipinski definition) is 1. The van der Waals surface area contributed by atoms with Crippen molar-refractivity contribution in [2.24, 2.45) is 0 Å². The molecule has 1 fully saturated rings. The van der Waals surface area contributed by atoms with Gasteiger partial charge in [0.05, 0.1) is 5.57 Å². The highest BCUT2D eigenvalue weighted by molar-refractivity contribution is 5.93. The highest BCUT2D eigenvalue weighted by atomic mass is 16.1. The Morgan fingerprint density at radius 2 is 1.86 bits per heavy atom. The summed E-state index contributed by atoms with van der Waals surface area (Å²) in [7, 11) is 0. The molecule has 0 spiro atoms. The molecule has 0 bridgehead atoms. The van der Waals surface area contributed by atoms with Gasteiger partial charge in [0.1, 0.15) is 0 Å². The van der Waals surface area contributed by atoms with Gasteiger partial charge in [-0.25, -0.2) is 0 Å². The van der Waals surface area contributed by atoms with Crippen LogP contribution in [0, 0.1) is 0 Å². The van der Waals surface area contributed by atoms with Crippen LogP contribution in [0.4, 0.5) is 0 Å². The Bertz CT molecular complexity index is 516. The zero-order valence-corrected chi connectivity index (χ0v) is 13.0. The fourth-order valence-electron chi connectivity index (χ4n) is 2.68. The smallest absolute Gasteiger partial charge is 0.255 e. The molecule has 2 heteroatoms. The molecule has 1 amide bonds. The maximum absolute atomic E-state index is 12.4. The van der Waals surface area contributed by atoms with Gasteiger partial charge in [-0.05, 0) is 43.2 Å². The molecule has 0 saturated heterocycles. The van der Waals surface area contributed by atoms with Crippen molar-refractivity contribution in [3.63, 3.8) is 0 Å². The lowest BCUT2D eigenvalue weighted by molar-refractivity contribution is -0.117. The largest absolute Gasteiger partial charge is 0.348 e. The lowest BCUT2D eigenvalue weighted by Gasteiger charge is -2.12. The van der Waals surface area contributed by atoms with Gasteiger partial charge >= 0.3 is 0 Å². The minimum absolute atomic E-state index is 0.0405. The van der Waals surface area contributed by atoms with Crippen LogP contribution in [0.1, 0.15) is 57.4 Å². The van der Waals surface area contributed by atoms with Gasteiger partial charge in [0, 0.05) is 6.54 Å². The van der Waals surface area contributed by atoms with Gasteiger partial charge in [-0.15, -0.1) is 5.73 Å². The van der Waals surface area contributed by atoms with Crippen LogP contribution in [0.3, 0.4) is 0 Å². The molecule has 0 atom stereocenters. The summed E-state index contributed by atoms with van der Waals surface area (Å²) in [5.41, 5.74) is 6.70. The van der Waals surface area contributed by atoms with E-state index >= 15 is 0 Å². The molecular formula is C19H25NO. The third-order valence-electron chi connectivity index (χ3n) is 3.85. The first kappa shape index (κ1) is 15.6. The Morgan fingerprint density at radius 3 is 2.52 bits per heavy atom. The third kappa shape index (κ3) is 5.24. The van der Waals surface area contributed by atoms with E-state index in [1.165, 1.54) is 24.8 Å². The molecule has 1 saturated carbocycles. The zero-order valence-electron chi connectivity index (χ0n) is 13.0. The van der Waals surface area contributed by atoms with E-state index in [-0.39, 0.29) is 5.91 Å². The summed E-state index contributed by atoms with van der Waals surface area (Å²) in [5, 5.41) is 3.02. The Hall–Kier alpha value is -1.79. The second kappa shape index (κ2) is 8.49. The van der Waals surface area contributed by atoms with Gasteiger partial charge in [0.15, 0.2) is 0 Å². The standard InChI is InChI=1S/C19H25NO/c1-2-9-18(14-16-10-5-3-6-11-16)19(21)20-15-17-12-7-4-8-13-17/h4,7-8,12-13H,2-3,5-6,9-11,15H2,1H3,(H,20,21). The van der Waals surface area contributed by atoms with Gasteiger partial charge in [-0.3, -0.25) is 4.79 Å². The molecular weight excluding hydrogens is 258 g/mol. The Balaban J connectivity index is 2.03. The van der Waals surface area contributed by atoms with Crippen LogP contribution in [0.15, 0.2) is 47.2 Å². The highest BCUT2D eigenvalue weighted by Gasteiger charge is 2.10. The first-order chi connectivity index (χ1) is 10.3. The van der Waals surface area contributed by atoms with Crippen LogP contribution >= 0.6 is 0 Å². The molecule has 1 N–H and O–H groups in total. The number of rotatable bonds is 5. The summed E-state index contributed by atoms with van der Waals surface area (Å²) < 4.78 is 0. The van der Waals surface area contributed by atoms with Gasteiger partial charge in [0.25, 0.3) is 5.91 Å². The minimum atomic E-state index is 0.0405. The number of amides is 1. The van der Waals surface area contributed by atoms with Gasteiger partial charge in [0.2, 0.25) is 0 Å². The molecule has 21 heavy (non-hydrogen) atoms. The topological polar surface area (TPSA) is 29.1 Å². The van der Waals surface area contributed by atoms with E-state index in [0.29, 0.717) is 6.54 Å². The van der Waals surface area contributed by atoms with E-state index in [1.54, 1.807) is 0 Å². The van der Waals surface area contributed by atoms with Crippen LogP contribution in [0.2, 0.25) is 0 Å². The predicted octanol–water partition coefficient (Wildman–Crippen LogP) is 4.52. The molecule has 0 unspecified atom stereocenters. The third-order valence-corrected chi connectivity index (χ3v) is 3.85. The van der Waals surface area contributed by atoms with Crippen molar-refractivity contribution in [1.29, 1.82) is 0 Å². The second-order valence-electron chi connectivity index (χ2n) is 5.69. The van der Waals surface area contributed by atoms with Crippen molar-refractivity contribution in [3.05, 3.63) is 52.8 Å². The average Bonchev–Trinajstić information content (AvgIpc) is 2.54. The maximum Gasteiger partial charge on any atom is 0.255 e. The summed E-state index contributed by atoms with van der Waals surface area (Å²) in [6.45, 7) is 2.70. The van der Waals surface area contributed by atoms with Crippen LogP contribution in [0.25, 0.3) is 0 Å². The second-order valence-corrected chi connectivity index (χ2v) is 5.69. The number of benzene rings is 1. The van der Waals surface area contributed by atoms with E-state index in [1.807, 2.05) is 30.3 Å². The number of carbonyl (C=O) groups is 1. The van der Waals surface area contributed by atoms with E-state index in [0.717, 1.165) is 36.8 Å². The molecule has 1 aliphatic carbocycles. The van der Waals surface area contributed by atoms with Crippen molar-refractivity contribution >= 4 is 5.91 Å². The Labute approximate surface area is 128 Å². The number of hydrogen-bond acceptors (Lipinski definition) is 1. The molecule has 1 aromatic rings. The van der Waals surface area contributed by atoms with E-state index in [2.05, 4.69) is 18.0 Å². The molecule has 0 aromatic heterocycles. The molecule has 2 nitrogen and oxygen atoms in total. The summed E-state index contributed by atoms with van der Waals surface area (Å²) in [6, 6.07) is 10.0. The van der Waals surface area contributed by atoms with Gasteiger partial charge < -0.3 is 5.32 Å². The summed E-state index contributed by atoms with van der Waals surface area (Å²) in [6.07, 6.45) is 7.81. The van der Waals surface area contributed by atoms with Crippen molar-refractivity contribution in [2.75, 3.05) is 0 Å². The highest BCUT2D eigenvalue weighted by Crippen LogP contribution is 2.22. The zero-order chi connectivity index (χ0) is 14.9. The number of carbonyl (C=O) groups excluding carboxylic acids is 1. The summed E-state index contributed by atoms with van der Waals surface area (Å²) >= 11 is 0. The molecule has 1 aliphatic rings. The molecule has 0 radical (unpaired) electrons. The first-order valence-electron chi connectivity index (χ1n) is 8.09. The van der Waals surface area contributed by atoms with E-state index in [9.17, 15) is 4.79 Å². The van der Waals surface area contributed by atoms with Crippen LogP contribution in [0.5, 0.6) is 0 Å². The molecule has 1 aromatic carbocycles. The molecule has 2 rings (SSSR count). The molecule has 112 valence electrons. The monoisotopic (exact) mass is 283 g/mol. The number of nitrogens with one attached hydrogen (secondary N) is 1. The SMILES string of the molecule is CCCC(=C=C1CCCCC1)C(=O)NCc1ccccc1. The van der Waals surface area contributed by atoms with Gasteiger partial charge in [-0.2, -0.15) is 0 Å². The van der Waals surface area contributed by atoms with Crippen molar-refractivity contribution in [3.8, 4) is 0 Å². The van der Waals surface area contributed by atoms with Gasteiger partial charge in [-0.1, -0.05) is 50.1 Å². The van der Waals surface area contributed by atoms with Crippen LogP contribution < -0.4 is 5.32 Å². The van der Waals surface area contributed by atoms with Crippen LogP contribution in [-0.4, -0.2) is 5.91 Å². The summed E-state index contributed by atoms with van der Waals surface area (Å²) in [5.74, 6) is 0.0405.